The molecule has 2 aromatic carbocycles. The van der Waals surface area contributed by atoms with Crippen LogP contribution in [0, 0.1) is 13.8 Å². The van der Waals surface area contributed by atoms with Gasteiger partial charge in [0.2, 0.25) is 11.8 Å². The maximum Gasteiger partial charge on any atom is 0.408 e. The van der Waals surface area contributed by atoms with E-state index < -0.39 is 47.9 Å². The van der Waals surface area contributed by atoms with Crippen LogP contribution in [0.1, 0.15) is 49.9 Å². The van der Waals surface area contributed by atoms with E-state index in [1.165, 1.54) is 11.0 Å². The van der Waals surface area contributed by atoms with E-state index in [0.717, 1.165) is 11.1 Å². The van der Waals surface area contributed by atoms with Gasteiger partial charge >= 0.3 is 6.09 Å². The second kappa shape index (κ2) is 12.7. The first-order valence-electron chi connectivity index (χ1n) is 11.9. The van der Waals surface area contributed by atoms with Gasteiger partial charge in [0.25, 0.3) is 5.91 Å². The van der Waals surface area contributed by atoms with Crippen molar-refractivity contribution in [3.05, 3.63) is 77.9 Å². The molecule has 4 N–H and O–H groups in total. The smallest absolute Gasteiger partial charge is 0.408 e. The molecule has 0 aromatic heterocycles. The van der Waals surface area contributed by atoms with Crippen LogP contribution in [-0.4, -0.2) is 46.9 Å². The molecule has 0 fully saturated rings. The Morgan fingerprint density at radius 3 is 2.22 bits per heavy atom. The van der Waals surface area contributed by atoms with Crippen molar-refractivity contribution in [1.29, 1.82) is 0 Å². The Balaban J connectivity index is 2.51. The van der Waals surface area contributed by atoms with Crippen molar-refractivity contribution < 1.29 is 23.9 Å². The minimum atomic E-state index is -1.36. The summed E-state index contributed by atoms with van der Waals surface area (Å²) in [5, 5.41) is 5.34. The summed E-state index contributed by atoms with van der Waals surface area (Å²) in [7, 11) is 0. The molecule has 2 rings (SSSR count). The van der Waals surface area contributed by atoms with Gasteiger partial charge in [-0.3, -0.25) is 14.4 Å². The number of carbonyl (C=O) groups excluding carboxylic acids is 4. The van der Waals surface area contributed by atoms with Crippen molar-refractivity contribution >= 4 is 29.5 Å². The van der Waals surface area contributed by atoms with Crippen LogP contribution in [0.3, 0.4) is 0 Å². The normalized spacial score (nSPS) is 12.6. The van der Waals surface area contributed by atoms with Crippen LogP contribution in [0.25, 0.3) is 0 Å². The summed E-state index contributed by atoms with van der Waals surface area (Å²) in [6.45, 7) is 12.5. The zero-order chi connectivity index (χ0) is 27.8. The van der Waals surface area contributed by atoms with E-state index in [4.69, 9.17) is 10.5 Å². The number of rotatable bonds is 10. The standard InChI is InChI=1S/C28H36N4O5/c1-7-16-32(26(35)22(17-23(29)33)31-27(36)37-28(4,5)6)24(20-14-12-18(2)13-15-20)25(34)30-21-11-9-8-10-19(21)3/h7-15,22,24H,1,16-17H2,2-6H3,(H2,29,33)(H,30,34)(H,31,36). The first-order valence-corrected chi connectivity index (χ1v) is 11.9. The number of amides is 4. The van der Waals surface area contributed by atoms with E-state index in [9.17, 15) is 19.2 Å². The molecule has 0 radical (unpaired) electrons. The molecule has 0 aliphatic carbocycles. The molecular formula is C28H36N4O5. The second-order valence-electron chi connectivity index (χ2n) is 9.77. The molecule has 0 saturated heterocycles. The van der Waals surface area contributed by atoms with Crippen LogP contribution in [0.5, 0.6) is 0 Å². The summed E-state index contributed by atoms with van der Waals surface area (Å²) in [4.78, 5) is 53.0. The van der Waals surface area contributed by atoms with Crippen LogP contribution in [0.15, 0.2) is 61.2 Å². The summed E-state index contributed by atoms with van der Waals surface area (Å²) in [6.07, 6.45) is 0.0997. The summed E-state index contributed by atoms with van der Waals surface area (Å²) in [5.41, 5.74) is 7.52. The van der Waals surface area contributed by atoms with Crippen LogP contribution >= 0.6 is 0 Å². The molecule has 2 atom stereocenters. The lowest BCUT2D eigenvalue weighted by Gasteiger charge is -2.33. The number of aryl methyl sites for hydroxylation is 2. The molecule has 0 bridgehead atoms. The van der Waals surface area contributed by atoms with E-state index in [2.05, 4.69) is 17.2 Å². The number of benzene rings is 2. The predicted octanol–water partition coefficient (Wildman–Crippen LogP) is 3.77. The van der Waals surface area contributed by atoms with Crippen molar-refractivity contribution in [3.8, 4) is 0 Å². The van der Waals surface area contributed by atoms with Gasteiger partial charge in [-0.15, -0.1) is 6.58 Å². The Morgan fingerprint density at radius 1 is 1.05 bits per heavy atom. The number of nitrogens with zero attached hydrogens (tertiary/aromatic N) is 1. The average Bonchev–Trinajstić information content (AvgIpc) is 2.79. The van der Waals surface area contributed by atoms with Gasteiger partial charge < -0.3 is 26.0 Å². The van der Waals surface area contributed by atoms with E-state index >= 15 is 0 Å². The molecule has 0 heterocycles. The number of nitrogens with two attached hydrogens (primary N) is 1. The van der Waals surface area contributed by atoms with Gasteiger partial charge in [-0.2, -0.15) is 0 Å². The van der Waals surface area contributed by atoms with Gasteiger partial charge in [-0.25, -0.2) is 4.79 Å². The quantitative estimate of drug-likeness (QED) is 0.421. The predicted molar refractivity (Wildman–Crippen MR) is 143 cm³/mol. The summed E-state index contributed by atoms with van der Waals surface area (Å²) in [6, 6.07) is 12.0. The number of carbonyl (C=O) groups is 4. The molecule has 0 saturated carbocycles. The van der Waals surface area contributed by atoms with Gasteiger partial charge in [0.1, 0.15) is 17.7 Å². The number of anilines is 1. The van der Waals surface area contributed by atoms with Crippen molar-refractivity contribution in [2.75, 3.05) is 11.9 Å². The van der Waals surface area contributed by atoms with E-state index in [1.807, 2.05) is 38.1 Å². The van der Waals surface area contributed by atoms with Crippen LogP contribution in [0.2, 0.25) is 0 Å². The fraction of sp³-hybridized carbons (Fsp3) is 0.357. The Kier molecular flexibility index (Phi) is 9.99. The fourth-order valence-corrected chi connectivity index (χ4v) is 3.65. The minimum absolute atomic E-state index is 0.0379. The molecule has 9 heteroatoms. The second-order valence-corrected chi connectivity index (χ2v) is 9.77. The highest BCUT2D eigenvalue weighted by Crippen LogP contribution is 2.26. The summed E-state index contributed by atoms with van der Waals surface area (Å²) >= 11 is 0. The highest BCUT2D eigenvalue weighted by molar-refractivity contribution is 6.00. The SMILES string of the molecule is C=CCN(C(=O)C(CC(N)=O)NC(=O)OC(C)(C)C)C(C(=O)Nc1ccccc1C)c1ccc(C)cc1. The molecule has 2 unspecified atom stereocenters. The minimum Gasteiger partial charge on any atom is -0.444 e. The topological polar surface area (TPSA) is 131 Å². The van der Waals surface area contributed by atoms with E-state index in [0.29, 0.717) is 11.3 Å². The highest BCUT2D eigenvalue weighted by atomic mass is 16.6. The van der Waals surface area contributed by atoms with Crippen LogP contribution < -0.4 is 16.4 Å². The maximum atomic E-state index is 13.8. The van der Waals surface area contributed by atoms with Crippen molar-refractivity contribution in [2.45, 2.75) is 58.7 Å². The van der Waals surface area contributed by atoms with E-state index in [-0.39, 0.29) is 6.54 Å². The Labute approximate surface area is 218 Å². The Bertz CT molecular complexity index is 1140. The molecule has 0 aliphatic rings. The Hall–Kier alpha value is -4.14. The third-order valence-corrected chi connectivity index (χ3v) is 5.36. The molecule has 2 aromatic rings. The number of para-hydroxylation sites is 1. The van der Waals surface area contributed by atoms with Gasteiger partial charge in [-0.1, -0.05) is 54.1 Å². The van der Waals surface area contributed by atoms with Gasteiger partial charge in [0.15, 0.2) is 0 Å². The van der Waals surface area contributed by atoms with Gasteiger partial charge in [-0.05, 0) is 51.8 Å². The lowest BCUT2D eigenvalue weighted by molar-refractivity contribution is -0.141. The number of primary amides is 1. The summed E-state index contributed by atoms with van der Waals surface area (Å²) in [5.74, 6) is -1.96. The maximum absolute atomic E-state index is 13.8. The largest absolute Gasteiger partial charge is 0.444 e. The first kappa shape index (κ1) is 29.1. The lowest BCUT2D eigenvalue weighted by atomic mass is 10.0. The number of hydrogen-bond donors (Lipinski definition) is 3. The zero-order valence-electron chi connectivity index (χ0n) is 22.0. The molecule has 198 valence electrons. The monoisotopic (exact) mass is 508 g/mol. The summed E-state index contributed by atoms with van der Waals surface area (Å²) < 4.78 is 5.27. The molecule has 37 heavy (non-hydrogen) atoms. The van der Waals surface area contributed by atoms with Gasteiger partial charge in [0, 0.05) is 12.2 Å². The molecular weight excluding hydrogens is 472 g/mol. The number of nitrogens with one attached hydrogen (secondary N) is 2. The Morgan fingerprint density at radius 2 is 1.68 bits per heavy atom. The lowest BCUT2D eigenvalue weighted by Crippen LogP contribution is -2.53. The number of ether oxygens (including phenoxy) is 1. The number of hydrogen-bond acceptors (Lipinski definition) is 5. The van der Waals surface area contributed by atoms with Crippen molar-refractivity contribution in [2.24, 2.45) is 5.73 Å². The van der Waals surface area contributed by atoms with Crippen molar-refractivity contribution in [3.63, 3.8) is 0 Å². The van der Waals surface area contributed by atoms with Crippen LogP contribution in [-0.2, 0) is 19.1 Å². The average molecular weight is 509 g/mol. The third-order valence-electron chi connectivity index (χ3n) is 5.36. The number of alkyl carbamates (subject to hydrolysis) is 1. The molecule has 0 aliphatic heterocycles. The highest BCUT2D eigenvalue weighted by Gasteiger charge is 2.36. The molecule has 0 spiro atoms. The first-order chi connectivity index (χ1) is 17.3. The van der Waals surface area contributed by atoms with Crippen LogP contribution in [0.4, 0.5) is 10.5 Å². The van der Waals surface area contributed by atoms with E-state index in [1.54, 1.807) is 45.0 Å². The zero-order valence-corrected chi connectivity index (χ0v) is 22.0. The molecule has 9 nitrogen and oxygen atoms in total. The third kappa shape index (κ3) is 8.79. The molecule has 4 amide bonds. The van der Waals surface area contributed by atoms with Crippen molar-refractivity contribution in [1.82, 2.24) is 10.2 Å². The fourth-order valence-electron chi connectivity index (χ4n) is 3.65. The van der Waals surface area contributed by atoms with Gasteiger partial charge in [0.05, 0.1) is 6.42 Å².